The molecular formula is C19H16ClF2N9O. The molecule has 3 heterocycles. The molecule has 1 saturated carbocycles. The minimum absolute atomic E-state index is 0.00893. The first-order valence-electron chi connectivity index (χ1n) is 9.61. The van der Waals surface area contributed by atoms with E-state index in [0.29, 0.717) is 0 Å². The Bertz CT molecular complexity index is 1400. The van der Waals surface area contributed by atoms with E-state index in [9.17, 15) is 13.6 Å². The van der Waals surface area contributed by atoms with Crippen molar-refractivity contribution in [2.24, 2.45) is 5.92 Å². The SMILES string of the molecule is Nc1nc(N)c(Cl)c(NC(c2nc3c(F)ccc(F)c3c(=O)n2-c2cc[nH]n2)C2CC2)n1. The summed E-state index contributed by atoms with van der Waals surface area (Å²) in [7, 11) is 0. The van der Waals surface area contributed by atoms with Crippen molar-refractivity contribution in [3.8, 4) is 5.82 Å². The molecule has 1 atom stereocenters. The van der Waals surface area contributed by atoms with Gasteiger partial charge in [0.1, 0.15) is 39.2 Å². The molecule has 10 nitrogen and oxygen atoms in total. The maximum absolute atomic E-state index is 14.6. The molecular weight excluding hydrogens is 444 g/mol. The smallest absolute Gasteiger partial charge is 0.270 e. The molecule has 1 aliphatic carbocycles. The highest BCUT2D eigenvalue weighted by atomic mass is 35.5. The van der Waals surface area contributed by atoms with Crippen LogP contribution in [0.1, 0.15) is 24.7 Å². The lowest BCUT2D eigenvalue weighted by Crippen LogP contribution is -2.30. The number of aromatic nitrogens is 6. The van der Waals surface area contributed by atoms with E-state index in [2.05, 4.69) is 30.5 Å². The van der Waals surface area contributed by atoms with Crippen molar-refractivity contribution < 1.29 is 8.78 Å². The van der Waals surface area contributed by atoms with Crippen LogP contribution in [-0.2, 0) is 0 Å². The highest BCUT2D eigenvalue weighted by Crippen LogP contribution is 2.43. The zero-order valence-corrected chi connectivity index (χ0v) is 17.1. The highest BCUT2D eigenvalue weighted by Gasteiger charge is 2.37. The van der Waals surface area contributed by atoms with Crippen LogP contribution >= 0.6 is 11.6 Å². The number of H-pyrrole nitrogens is 1. The molecule has 0 saturated heterocycles. The lowest BCUT2D eigenvalue weighted by molar-refractivity contribution is 0.588. The summed E-state index contributed by atoms with van der Waals surface area (Å²) in [6.45, 7) is 0. The van der Waals surface area contributed by atoms with Gasteiger partial charge in [0.15, 0.2) is 11.6 Å². The van der Waals surface area contributed by atoms with Gasteiger partial charge in [-0.05, 0) is 30.9 Å². The Kier molecular flexibility index (Phi) is 4.66. The van der Waals surface area contributed by atoms with Gasteiger partial charge in [0.05, 0.1) is 6.04 Å². The molecule has 0 amide bonds. The van der Waals surface area contributed by atoms with Gasteiger partial charge in [0.2, 0.25) is 5.95 Å². The van der Waals surface area contributed by atoms with Crippen molar-refractivity contribution in [3.05, 3.63) is 57.2 Å². The summed E-state index contributed by atoms with van der Waals surface area (Å²) in [6.07, 6.45) is 3.09. The summed E-state index contributed by atoms with van der Waals surface area (Å²) < 4.78 is 30.2. The molecule has 32 heavy (non-hydrogen) atoms. The van der Waals surface area contributed by atoms with Gasteiger partial charge in [-0.3, -0.25) is 9.89 Å². The predicted molar refractivity (Wildman–Crippen MR) is 114 cm³/mol. The number of aromatic amines is 1. The van der Waals surface area contributed by atoms with Crippen molar-refractivity contribution in [1.29, 1.82) is 0 Å². The van der Waals surface area contributed by atoms with Crippen LogP contribution < -0.4 is 22.3 Å². The van der Waals surface area contributed by atoms with E-state index in [4.69, 9.17) is 23.1 Å². The highest BCUT2D eigenvalue weighted by molar-refractivity contribution is 6.35. The monoisotopic (exact) mass is 459 g/mol. The molecule has 13 heteroatoms. The Morgan fingerprint density at radius 3 is 2.59 bits per heavy atom. The number of hydrogen-bond acceptors (Lipinski definition) is 8. The fraction of sp³-hybridized carbons (Fsp3) is 0.211. The minimum Gasteiger partial charge on any atom is -0.382 e. The van der Waals surface area contributed by atoms with E-state index < -0.39 is 28.6 Å². The number of rotatable bonds is 5. The van der Waals surface area contributed by atoms with Crippen LogP contribution in [0.2, 0.25) is 5.02 Å². The summed E-state index contributed by atoms with van der Waals surface area (Å²) >= 11 is 6.25. The molecule has 0 aliphatic heterocycles. The third kappa shape index (κ3) is 3.28. The van der Waals surface area contributed by atoms with E-state index in [1.165, 1.54) is 12.3 Å². The Balaban J connectivity index is 1.77. The second-order valence-electron chi connectivity index (χ2n) is 7.38. The van der Waals surface area contributed by atoms with Crippen molar-refractivity contribution in [2.75, 3.05) is 16.8 Å². The van der Waals surface area contributed by atoms with Crippen molar-refractivity contribution in [2.45, 2.75) is 18.9 Å². The summed E-state index contributed by atoms with van der Waals surface area (Å²) in [6, 6.07) is 2.68. The van der Waals surface area contributed by atoms with Gasteiger partial charge in [-0.25, -0.2) is 18.3 Å². The van der Waals surface area contributed by atoms with Crippen LogP contribution in [-0.4, -0.2) is 29.7 Å². The maximum atomic E-state index is 14.6. The summed E-state index contributed by atoms with van der Waals surface area (Å²) in [5.74, 6) is -1.40. The fourth-order valence-electron chi connectivity index (χ4n) is 3.59. The first-order valence-corrected chi connectivity index (χ1v) is 9.98. The number of anilines is 3. The van der Waals surface area contributed by atoms with Gasteiger partial charge in [0.25, 0.3) is 5.56 Å². The molecule has 1 unspecified atom stereocenters. The van der Waals surface area contributed by atoms with Gasteiger partial charge in [-0.1, -0.05) is 11.6 Å². The number of hydrogen-bond donors (Lipinski definition) is 4. The lowest BCUT2D eigenvalue weighted by Gasteiger charge is -2.23. The first-order chi connectivity index (χ1) is 15.3. The number of nitrogens with one attached hydrogen (secondary N) is 2. The fourth-order valence-corrected chi connectivity index (χ4v) is 3.73. The molecule has 164 valence electrons. The van der Waals surface area contributed by atoms with Crippen LogP contribution in [0.5, 0.6) is 0 Å². The standard InChI is InChI=1S/C19H16ClF2N9O/c20-12-15(23)28-19(24)29-16(12)26-13(7-1-2-7)17-27-14-9(22)4-3-8(21)11(14)18(32)31(17)10-5-6-25-30-10/h3-7,13H,1-2H2,(H,25,30)(H5,23,24,26,28,29). The van der Waals surface area contributed by atoms with E-state index >= 15 is 0 Å². The maximum Gasteiger partial charge on any atom is 0.270 e. The average Bonchev–Trinajstić information content (AvgIpc) is 3.45. The molecule has 3 aromatic heterocycles. The van der Waals surface area contributed by atoms with E-state index in [1.54, 1.807) is 0 Å². The summed E-state index contributed by atoms with van der Waals surface area (Å²) in [5, 5.41) is 9.34. The molecule has 6 N–H and O–H groups in total. The predicted octanol–water partition coefficient (Wildman–Crippen LogP) is 2.56. The number of halogens is 3. The zero-order valence-electron chi connectivity index (χ0n) is 16.3. The van der Waals surface area contributed by atoms with Crippen LogP contribution in [0, 0.1) is 17.6 Å². The summed E-state index contributed by atoms with van der Waals surface area (Å²) in [5.41, 5.74) is 10.3. The Hall–Kier alpha value is -3.80. The molecule has 5 rings (SSSR count). The molecule has 0 bridgehead atoms. The van der Waals surface area contributed by atoms with E-state index in [0.717, 1.165) is 29.5 Å². The van der Waals surface area contributed by atoms with Crippen LogP contribution in [0.4, 0.5) is 26.4 Å². The van der Waals surface area contributed by atoms with Gasteiger partial charge in [-0.15, -0.1) is 0 Å². The first kappa shape index (κ1) is 20.1. The molecule has 0 radical (unpaired) electrons. The third-order valence-electron chi connectivity index (χ3n) is 5.22. The molecule has 4 aromatic rings. The van der Waals surface area contributed by atoms with Crippen molar-refractivity contribution in [1.82, 2.24) is 29.7 Å². The van der Waals surface area contributed by atoms with Gasteiger partial charge < -0.3 is 16.8 Å². The second kappa shape index (κ2) is 7.41. The number of benzene rings is 1. The number of nitrogen functional groups attached to an aromatic ring is 2. The molecule has 1 aromatic carbocycles. The molecule has 1 fully saturated rings. The number of fused-ring (bicyclic) bond motifs is 1. The lowest BCUT2D eigenvalue weighted by atomic mass is 10.1. The Labute approximate surface area is 183 Å². The minimum atomic E-state index is -0.884. The molecule has 0 spiro atoms. The van der Waals surface area contributed by atoms with Gasteiger partial charge in [-0.2, -0.15) is 15.1 Å². The quantitative estimate of drug-likeness (QED) is 0.355. The van der Waals surface area contributed by atoms with E-state index in [1.807, 2.05) is 0 Å². The van der Waals surface area contributed by atoms with Crippen LogP contribution in [0.25, 0.3) is 16.7 Å². The Morgan fingerprint density at radius 2 is 1.91 bits per heavy atom. The van der Waals surface area contributed by atoms with Crippen LogP contribution in [0.3, 0.4) is 0 Å². The zero-order chi connectivity index (χ0) is 22.6. The van der Waals surface area contributed by atoms with Crippen molar-refractivity contribution in [3.63, 3.8) is 0 Å². The van der Waals surface area contributed by atoms with Gasteiger partial charge >= 0.3 is 0 Å². The van der Waals surface area contributed by atoms with Gasteiger partial charge in [0, 0.05) is 12.3 Å². The Morgan fingerprint density at radius 1 is 1.16 bits per heavy atom. The third-order valence-corrected chi connectivity index (χ3v) is 5.60. The second-order valence-corrected chi connectivity index (χ2v) is 7.76. The average molecular weight is 460 g/mol. The van der Waals surface area contributed by atoms with E-state index in [-0.39, 0.29) is 45.7 Å². The van der Waals surface area contributed by atoms with Crippen molar-refractivity contribution >= 4 is 40.1 Å². The van der Waals surface area contributed by atoms with Crippen LogP contribution in [0.15, 0.2) is 29.2 Å². The topological polar surface area (TPSA) is 153 Å². The molecule has 1 aliphatic rings. The number of nitrogens with zero attached hydrogens (tertiary/aromatic N) is 5. The largest absolute Gasteiger partial charge is 0.382 e. The number of nitrogens with two attached hydrogens (primary N) is 2. The summed E-state index contributed by atoms with van der Waals surface area (Å²) in [4.78, 5) is 25.6. The normalized spacial score (nSPS) is 14.6.